The van der Waals surface area contributed by atoms with Gasteiger partial charge in [-0.1, -0.05) is 38.7 Å². The molecule has 3 fully saturated rings. The van der Waals surface area contributed by atoms with E-state index in [9.17, 15) is 14.4 Å². The molecule has 1 atom stereocenters. The van der Waals surface area contributed by atoms with Crippen LogP contribution in [0.2, 0.25) is 0 Å². The summed E-state index contributed by atoms with van der Waals surface area (Å²) < 4.78 is 0. The molecule has 3 amide bonds. The molecule has 4 rings (SSSR count). The van der Waals surface area contributed by atoms with Crippen LogP contribution in [0.15, 0.2) is 36.0 Å². The average molecular weight is 445 g/mol. The van der Waals surface area contributed by atoms with Crippen molar-refractivity contribution in [3.63, 3.8) is 0 Å². The number of piperidine rings is 2. The van der Waals surface area contributed by atoms with Gasteiger partial charge in [-0.25, -0.2) is 0 Å². The molecule has 1 unspecified atom stereocenters. The van der Waals surface area contributed by atoms with Crippen molar-refractivity contribution in [2.24, 2.45) is 5.41 Å². The molecule has 1 spiro atoms. The number of allylic oxidation sites excluding steroid dienone is 1. The lowest BCUT2D eigenvalue weighted by atomic mass is 9.72. The molecular weight excluding hydrogens is 404 g/mol. The van der Waals surface area contributed by atoms with Crippen LogP contribution in [0.3, 0.4) is 0 Å². The zero-order valence-corrected chi connectivity index (χ0v) is 20.4. The van der Waals surface area contributed by atoms with Crippen molar-refractivity contribution >= 4 is 17.7 Å². The predicted molar refractivity (Wildman–Crippen MR) is 128 cm³/mol. The summed E-state index contributed by atoms with van der Waals surface area (Å²) >= 11 is 0. The highest BCUT2D eigenvalue weighted by atomic mass is 16.2. The lowest BCUT2D eigenvalue weighted by Crippen LogP contribution is -2.58. The summed E-state index contributed by atoms with van der Waals surface area (Å²) in [6.07, 6.45) is 8.64. The standard InChI is InChI=1S/C14H16N2O3.C9H18N2.C2H6/c1-3-5-10-9(4-2)8-16(14(10)19)11-6-7-12(17)15-13(11)18;1-10-5-3-9(4-6-10)7-11(2)8-9;1-2/h3-5,11H,2,6-8H2,1H3,(H,15,17,18);3-8H2,1-2H3;1-2H3/b5-3-;;. The number of hydrogen-bond acceptors (Lipinski definition) is 5. The SMILES string of the molecule is C=CC1=C(/C=C\C)C(=O)N(C2CCC(=O)NC2=O)C1.CC.CN1CCC2(CC1)CN(C)C2. The maximum absolute atomic E-state index is 12.3. The first-order valence-corrected chi connectivity index (χ1v) is 11.8. The van der Waals surface area contributed by atoms with Gasteiger partial charge < -0.3 is 14.7 Å². The first-order valence-electron chi connectivity index (χ1n) is 11.8. The van der Waals surface area contributed by atoms with Crippen LogP contribution in [0.4, 0.5) is 0 Å². The minimum absolute atomic E-state index is 0.178. The van der Waals surface area contributed by atoms with Crippen LogP contribution in [-0.2, 0) is 14.4 Å². The summed E-state index contributed by atoms with van der Waals surface area (Å²) in [6, 6.07) is -0.567. The van der Waals surface area contributed by atoms with Crippen molar-refractivity contribution in [2.75, 3.05) is 46.8 Å². The number of imide groups is 1. The van der Waals surface area contributed by atoms with E-state index in [1.807, 2.05) is 20.8 Å². The molecule has 0 aromatic carbocycles. The van der Waals surface area contributed by atoms with Crippen LogP contribution in [0.1, 0.15) is 46.5 Å². The minimum atomic E-state index is -0.567. The molecule has 4 heterocycles. The van der Waals surface area contributed by atoms with Gasteiger partial charge in [0.1, 0.15) is 6.04 Å². The van der Waals surface area contributed by atoms with Crippen LogP contribution < -0.4 is 5.32 Å². The minimum Gasteiger partial charge on any atom is -0.322 e. The highest BCUT2D eigenvalue weighted by Crippen LogP contribution is 2.38. The molecule has 0 aromatic rings. The Morgan fingerprint density at radius 1 is 1.06 bits per heavy atom. The predicted octanol–water partition coefficient (Wildman–Crippen LogP) is 2.36. The molecule has 7 nitrogen and oxygen atoms in total. The van der Waals surface area contributed by atoms with E-state index in [1.165, 1.54) is 43.9 Å². The van der Waals surface area contributed by atoms with Crippen molar-refractivity contribution in [3.8, 4) is 0 Å². The number of nitrogens with zero attached hydrogens (tertiary/aromatic N) is 3. The zero-order chi connectivity index (χ0) is 23.9. The molecule has 0 aliphatic carbocycles. The molecule has 0 bridgehead atoms. The third-order valence-corrected chi connectivity index (χ3v) is 6.60. The maximum Gasteiger partial charge on any atom is 0.255 e. The van der Waals surface area contributed by atoms with E-state index in [0.717, 1.165) is 11.0 Å². The topological polar surface area (TPSA) is 73.0 Å². The second-order valence-electron chi connectivity index (χ2n) is 9.02. The zero-order valence-electron chi connectivity index (χ0n) is 20.4. The van der Waals surface area contributed by atoms with E-state index in [1.54, 1.807) is 18.2 Å². The Morgan fingerprint density at radius 2 is 1.69 bits per heavy atom. The lowest BCUT2D eigenvalue weighted by molar-refractivity contribution is -0.142. The van der Waals surface area contributed by atoms with Gasteiger partial charge in [0.15, 0.2) is 0 Å². The number of amides is 3. The van der Waals surface area contributed by atoms with Gasteiger partial charge in [-0.3, -0.25) is 19.7 Å². The summed E-state index contributed by atoms with van der Waals surface area (Å²) in [7, 11) is 4.46. The third-order valence-electron chi connectivity index (χ3n) is 6.60. The second kappa shape index (κ2) is 11.6. The van der Waals surface area contributed by atoms with Gasteiger partial charge in [-0.05, 0) is 64.4 Å². The van der Waals surface area contributed by atoms with Gasteiger partial charge in [0.05, 0.1) is 0 Å². The average Bonchev–Trinajstić information content (AvgIpc) is 3.07. The van der Waals surface area contributed by atoms with E-state index in [2.05, 4.69) is 35.8 Å². The summed E-state index contributed by atoms with van der Waals surface area (Å²) in [5.74, 6) is -0.851. The van der Waals surface area contributed by atoms with Crippen molar-refractivity contribution in [1.29, 1.82) is 0 Å². The van der Waals surface area contributed by atoms with Crippen LogP contribution in [0, 0.1) is 5.41 Å². The van der Waals surface area contributed by atoms with Gasteiger partial charge >= 0.3 is 0 Å². The van der Waals surface area contributed by atoms with Crippen LogP contribution in [-0.4, -0.2) is 85.3 Å². The van der Waals surface area contributed by atoms with Gasteiger partial charge in [0, 0.05) is 31.6 Å². The van der Waals surface area contributed by atoms with Crippen LogP contribution in [0.25, 0.3) is 0 Å². The van der Waals surface area contributed by atoms with Gasteiger partial charge in [0.2, 0.25) is 11.8 Å². The fraction of sp³-hybridized carbons (Fsp3) is 0.640. The quantitative estimate of drug-likeness (QED) is 0.677. The Labute approximate surface area is 193 Å². The van der Waals surface area contributed by atoms with Gasteiger partial charge in [-0.2, -0.15) is 0 Å². The number of carbonyl (C=O) groups is 3. The Kier molecular flexibility index (Phi) is 9.40. The first kappa shape index (κ1) is 26.0. The van der Waals surface area contributed by atoms with Crippen LogP contribution in [0.5, 0.6) is 0 Å². The highest BCUT2D eigenvalue weighted by molar-refractivity contribution is 6.06. The van der Waals surface area contributed by atoms with E-state index in [4.69, 9.17) is 0 Å². The largest absolute Gasteiger partial charge is 0.322 e. The molecule has 3 saturated heterocycles. The Hall–Kier alpha value is -2.25. The molecule has 4 aliphatic rings. The number of rotatable bonds is 3. The summed E-state index contributed by atoms with van der Waals surface area (Å²) in [6.45, 7) is 15.2. The number of nitrogens with one attached hydrogen (secondary N) is 1. The molecule has 0 saturated carbocycles. The Balaban J connectivity index is 0.000000236. The number of likely N-dealkylation sites (tertiary alicyclic amines) is 2. The summed E-state index contributed by atoms with van der Waals surface area (Å²) in [5, 5.41) is 2.27. The molecule has 32 heavy (non-hydrogen) atoms. The third kappa shape index (κ3) is 5.95. The van der Waals surface area contributed by atoms with Crippen molar-refractivity contribution in [1.82, 2.24) is 20.0 Å². The van der Waals surface area contributed by atoms with Crippen molar-refractivity contribution in [3.05, 3.63) is 36.0 Å². The molecule has 178 valence electrons. The maximum atomic E-state index is 12.3. The highest BCUT2D eigenvalue weighted by Gasteiger charge is 2.42. The van der Waals surface area contributed by atoms with Crippen molar-refractivity contribution in [2.45, 2.75) is 52.5 Å². The molecule has 4 aliphatic heterocycles. The van der Waals surface area contributed by atoms with E-state index in [0.29, 0.717) is 18.5 Å². The lowest BCUT2D eigenvalue weighted by Gasteiger charge is -2.52. The molecule has 0 radical (unpaired) electrons. The molecule has 0 aromatic heterocycles. The smallest absolute Gasteiger partial charge is 0.255 e. The number of carbonyl (C=O) groups excluding carboxylic acids is 3. The molecule has 7 heteroatoms. The fourth-order valence-corrected chi connectivity index (χ4v) is 4.89. The normalized spacial score (nSPS) is 25.7. The van der Waals surface area contributed by atoms with E-state index < -0.39 is 11.9 Å². The van der Waals surface area contributed by atoms with Gasteiger partial charge in [0.25, 0.3) is 5.91 Å². The van der Waals surface area contributed by atoms with Crippen molar-refractivity contribution < 1.29 is 14.4 Å². The summed E-state index contributed by atoms with van der Waals surface area (Å²) in [4.78, 5) is 41.6. The Morgan fingerprint density at radius 3 is 2.19 bits per heavy atom. The van der Waals surface area contributed by atoms with Gasteiger partial charge in [-0.15, -0.1) is 0 Å². The van der Waals surface area contributed by atoms with Crippen LogP contribution >= 0.6 is 0 Å². The van der Waals surface area contributed by atoms with E-state index >= 15 is 0 Å². The molecule has 1 N–H and O–H groups in total. The monoisotopic (exact) mass is 444 g/mol. The second-order valence-corrected chi connectivity index (χ2v) is 9.02. The number of hydrogen-bond donors (Lipinski definition) is 1. The summed E-state index contributed by atoms with van der Waals surface area (Å²) in [5.41, 5.74) is 2.12. The first-order chi connectivity index (χ1) is 15.3. The van der Waals surface area contributed by atoms with E-state index in [-0.39, 0.29) is 18.2 Å². The Bertz CT molecular complexity index is 770. The fourth-order valence-electron chi connectivity index (χ4n) is 4.89. The molecular formula is C25H40N4O3.